The van der Waals surface area contributed by atoms with Crippen molar-refractivity contribution in [3.63, 3.8) is 0 Å². The highest BCUT2D eigenvalue weighted by molar-refractivity contribution is 6.31. The molecule has 3 aromatic rings. The lowest BCUT2D eigenvalue weighted by atomic mass is 9.90. The van der Waals surface area contributed by atoms with Crippen LogP contribution in [-0.4, -0.2) is 46.0 Å². The van der Waals surface area contributed by atoms with Crippen molar-refractivity contribution in [2.45, 2.75) is 37.8 Å². The van der Waals surface area contributed by atoms with Crippen LogP contribution < -0.4 is 10.6 Å². The van der Waals surface area contributed by atoms with Gasteiger partial charge in [-0.1, -0.05) is 11.6 Å². The van der Waals surface area contributed by atoms with Crippen molar-refractivity contribution in [1.82, 2.24) is 19.9 Å². The van der Waals surface area contributed by atoms with Crippen LogP contribution in [-0.2, 0) is 0 Å². The second kappa shape index (κ2) is 8.47. The first kappa shape index (κ1) is 19.8. The minimum Gasteiger partial charge on any atom is -0.367 e. The summed E-state index contributed by atoms with van der Waals surface area (Å²) < 4.78 is 13.4. The van der Waals surface area contributed by atoms with Gasteiger partial charge in [-0.15, -0.1) is 0 Å². The molecule has 2 heterocycles. The quantitative estimate of drug-likeness (QED) is 0.622. The van der Waals surface area contributed by atoms with Crippen molar-refractivity contribution in [2.75, 3.05) is 24.7 Å². The highest BCUT2D eigenvalue weighted by Gasteiger charge is 2.22. The second-order valence-electron chi connectivity index (χ2n) is 7.65. The molecule has 1 aliphatic carbocycles. The standard InChI is InChI=1S/C21H24ClFN6/c1-29(2)15-6-3-13(4-7-15)26-19-10-9-18-20(28-19)21(25-12-24-18)27-14-5-8-17(23)16(22)11-14/h5,8-13,15H,3-4,6-7H2,1-2H3,(H,26,28)(H,24,25,27). The van der Waals surface area contributed by atoms with Gasteiger partial charge in [0.2, 0.25) is 0 Å². The lowest BCUT2D eigenvalue weighted by Crippen LogP contribution is -2.36. The van der Waals surface area contributed by atoms with Gasteiger partial charge in [0.15, 0.2) is 5.82 Å². The molecule has 0 bridgehead atoms. The average molecular weight is 415 g/mol. The summed E-state index contributed by atoms with van der Waals surface area (Å²) in [6.07, 6.45) is 6.08. The largest absolute Gasteiger partial charge is 0.367 e. The van der Waals surface area contributed by atoms with E-state index in [1.165, 1.54) is 31.3 Å². The molecule has 1 aromatic carbocycles. The molecule has 0 amide bonds. The van der Waals surface area contributed by atoms with Crippen LogP contribution in [0.1, 0.15) is 25.7 Å². The number of halogens is 2. The van der Waals surface area contributed by atoms with E-state index in [-0.39, 0.29) is 5.02 Å². The Morgan fingerprint density at radius 1 is 1.07 bits per heavy atom. The number of hydrogen-bond acceptors (Lipinski definition) is 6. The molecule has 0 spiro atoms. The van der Waals surface area contributed by atoms with Gasteiger partial charge in [0.05, 0.1) is 10.5 Å². The molecular formula is C21H24ClFN6. The molecule has 1 saturated carbocycles. The predicted molar refractivity (Wildman–Crippen MR) is 115 cm³/mol. The molecule has 1 aliphatic rings. The fraction of sp³-hybridized carbons (Fsp3) is 0.381. The van der Waals surface area contributed by atoms with E-state index in [0.29, 0.717) is 29.1 Å². The summed E-state index contributed by atoms with van der Waals surface area (Å²) in [4.78, 5) is 15.7. The van der Waals surface area contributed by atoms with E-state index in [2.05, 4.69) is 39.6 Å². The molecular weight excluding hydrogens is 391 g/mol. The molecule has 0 unspecified atom stereocenters. The molecule has 0 radical (unpaired) electrons. The number of fused-ring (bicyclic) bond motifs is 1. The zero-order valence-corrected chi connectivity index (χ0v) is 17.2. The van der Waals surface area contributed by atoms with Crippen molar-refractivity contribution < 1.29 is 4.39 Å². The molecule has 4 rings (SSSR count). The number of aromatic nitrogens is 3. The maximum atomic E-state index is 13.4. The lowest BCUT2D eigenvalue weighted by molar-refractivity contribution is 0.221. The molecule has 29 heavy (non-hydrogen) atoms. The second-order valence-corrected chi connectivity index (χ2v) is 8.06. The van der Waals surface area contributed by atoms with Crippen molar-refractivity contribution in [1.29, 1.82) is 0 Å². The van der Waals surface area contributed by atoms with Crippen LogP contribution in [0.2, 0.25) is 5.02 Å². The van der Waals surface area contributed by atoms with E-state index in [1.54, 1.807) is 6.07 Å². The van der Waals surface area contributed by atoms with E-state index in [9.17, 15) is 4.39 Å². The van der Waals surface area contributed by atoms with Crippen molar-refractivity contribution in [3.8, 4) is 0 Å². The highest BCUT2D eigenvalue weighted by atomic mass is 35.5. The van der Waals surface area contributed by atoms with E-state index in [4.69, 9.17) is 16.6 Å². The Morgan fingerprint density at radius 3 is 2.59 bits per heavy atom. The third-order valence-electron chi connectivity index (χ3n) is 5.44. The molecule has 152 valence electrons. The molecule has 0 atom stereocenters. The van der Waals surface area contributed by atoms with Gasteiger partial charge in [0.1, 0.15) is 23.5 Å². The summed E-state index contributed by atoms with van der Waals surface area (Å²) in [6, 6.07) is 9.40. The summed E-state index contributed by atoms with van der Waals surface area (Å²) in [5, 5.41) is 6.78. The van der Waals surface area contributed by atoms with Crippen molar-refractivity contribution in [2.24, 2.45) is 0 Å². The van der Waals surface area contributed by atoms with Gasteiger partial charge in [-0.25, -0.2) is 19.3 Å². The van der Waals surface area contributed by atoms with Crippen LogP contribution in [0, 0.1) is 5.82 Å². The fourth-order valence-electron chi connectivity index (χ4n) is 3.77. The molecule has 8 heteroatoms. The Labute approximate surface area is 174 Å². The number of rotatable bonds is 5. The first-order valence-corrected chi connectivity index (χ1v) is 10.1. The summed E-state index contributed by atoms with van der Waals surface area (Å²) >= 11 is 5.89. The number of nitrogens with zero attached hydrogens (tertiary/aromatic N) is 4. The van der Waals surface area contributed by atoms with E-state index < -0.39 is 5.82 Å². The van der Waals surface area contributed by atoms with Crippen LogP contribution in [0.3, 0.4) is 0 Å². The number of pyridine rings is 1. The average Bonchev–Trinajstić information content (AvgIpc) is 2.71. The molecule has 1 fully saturated rings. The lowest BCUT2D eigenvalue weighted by Gasteiger charge is -2.33. The maximum absolute atomic E-state index is 13.4. The molecule has 0 aliphatic heterocycles. The zero-order chi connectivity index (χ0) is 20.4. The summed E-state index contributed by atoms with van der Waals surface area (Å²) in [5.41, 5.74) is 2.02. The van der Waals surface area contributed by atoms with Crippen LogP contribution in [0.4, 0.5) is 21.7 Å². The van der Waals surface area contributed by atoms with E-state index in [1.807, 2.05) is 12.1 Å². The highest BCUT2D eigenvalue weighted by Crippen LogP contribution is 2.27. The Bertz CT molecular complexity index is 1000. The van der Waals surface area contributed by atoms with Gasteiger partial charge in [-0.05, 0) is 70.1 Å². The third-order valence-corrected chi connectivity index (χ3v) is 5.73. The number of hydrogen-bond donors (Lipinski definition) is 2. The minimum atomic E-state index is -0.460. The molecule has 6 nitrogen and oxygen atoms in total. The van der Waals surface area contributed by atoms with Crippen LogP contribution in [0.25, 0.3) is 11.0 Å². The van der Waals surface area contributed by atoms with E-state index >= 15 is 0 Å². The fourth-order valence-corrected chi connectivity index (χ4v) is 3.95. The number of anilines is 3. The molecule has 2 aromatic heterocycles. The summed E-state index contributed by atoms with van der Waals surface area (Å²) in [6.45, 7) is 0. The summed E-state index contributed by atoms with van der Waals surface area (Å²) in [5.74, 6) is 0.900. The Kier molecular flexibility index (Phi) is 5.78. The van der Waals surface area contributed by atoms with Crippen molar-refractivity contribution in [3.05, 3.63) is 47.5 Å². The summed E-state index contributed by atoms with van der Waals surface area (Å²) in [7, 11) is 4.29. The number of benzene rings is 1. The van der Waals surface area contributed by atoms with Crippen LogP contribution >= 0.6 is 11.6 Å². The van der Waals surface area contributed by atoms with Gasteiger partial charge < -0.3 is 15.5 Å². The smallest absolute Gasteiger partial charge is 0.160 e. The van der Waals surface area contributed by atoms with Crippen molar-refractivity contribution >= 4 is 40.0 Å². The van der Waals surface area contributed by atoms with Gasteiger partial charge in [0.25, 0.3) is 0 Å². The normalized spacial score (nSPS) is 19.5. The Balaban J connectivity index is 1.53. The van der Waals surface area contributed by atoms with Gasteiger partial charge in [-0.2, -0.15) is 0 Å². The van der Waals surface area contributed by atoms with Gasteiger partial charge >= 0.3 is 0 Å². The van der Waals surface area contributed by atoms with Gasteiger partial charge in [-0.3, -0.25) is 0 Å². The first-order valence-electron chi connectivity index (χ1n) is 9.76. The third kappa shape index (κ3) is 4.57. The number of nitrogens with one attached hydrogen (secondary N) is 2. The van der Waals surface area contributed by atoms with E-state index in [0.717, 1.165) is 24.2 Å². The SMILES string of the molecule is CN(C)C1CCC(Nc2ccc3ncnc(Nc4ccc(F)c(Cl)c4)c3n2)CC1. The zero-order valence-electron chi connectivity index (χ0n) is 16.5. The predicted octanol–water partition coefficient (Wildman–Crippen LogP) is 4.85. The molecule has 2 N–H and O–H groups in total. The van der Waals surface area contributed by atoms with Crippen LogP contribution in [0.5, 0.6) is 0 Å². The first-order chi connectivity index (χ1) is 14.0. The Hall–Kier alpha value is -2.51. The minimum absolute atomic E-state index is 0.0528. The van der Waals surface area contributed by atoms with Crippen LogP contribution in [0.15, 0.2) is 36.7 Å². The topological polar surface area (TPSA) is 66.0 Å². The Morgan fingerprint density at radius 2 is 1.86 bits per heavy atom. The monoisotopic (exact) mass is 414 g/mol. The van der Waals surface area contributed by atoms with Gasteiger partial charge in [0, 0.05) is 17.8 Å². The maximum Gasteiger partial charge on any atom is 0.160 e. The molecule has 0 saturated heterocycles.